The molecule has 0 unspecified atom stereocenters. The maximum Gasteiger partial charge on any atom is 0.303 e. The molecule has 7 nitrogen and oxygen atoms in total. The molecule has 0 bridgehead atoms. The SMILES string of the molecule is CN(C)c1ccc([C@H]2C3=C(C[C@@H](c4ccc(F)cc4)CC3=O)Nc3ccccc3N2C(=O)CCC(=O)O)cc1. The molecule has 0 saturated heterocycles. The largest absolute Gasteiger partial charge is 0.481 e. The fourth-order valence-corrected chi connectivity index (χ4v) is 5.44. The summed E-state index contributed by atoms with van der Waals surface area (Å²) in [5.41, 5.74) is 5.04. The minimum Gasteiger partial charge on any atom is -0.481 e. The Balaban J connectivity index is 1.67. The topological polar surface area (TPSA) is 90.0 Å². The minimum absolute atomic E-state index is 0.108. The van der Waals surface area contributed by atoms with Crippen LogP contribution in [0.25, 0.3) is 0 Å². The number of carbonyl (C=O) groups is 3. The molecular weight excluding hydrogens is 497 g/mol. The Morgan fingerprint density at radius 2 is 1.62 bits per heavy atom. The third kappa shape index (κ3) is 5.27. The number of fused-ring (bicyclic) bond motifs is 1. The van der Waals surface area contributed by atoms with Crippen molar-refractivity contribution < 1.29 is 23.9 Å². The van der Waals surface area contributed by atoms with Gasteiger partial charge in [0.05, 0.1) is 23.8 Å². The Hall–Kier alpha value is -4.46. The van der Waals surface area contributed by atoms with Gasteiger partial charge in [-0.05, 0) is 59.9 Å². The molecule has 5 rings (SSSR count). The van der Waals surface area contributed by atoms with E-state index in [-0.39, 0.29) is 42.7 Å². The quantitative estimate of drug-likeness (QED) is 0.430. The molecule has 39 heavy (non-hydrogen) atoms. The van der Waals surface area contributed by atoms with Gasteiger partial charge in [0.15, 0.2) is 5.78 Å². The molecule has 2 aliphatic rings. The van der Waals surface area contributed by atoms with E-state index < -0.39 is 12.0 Å². The first-order valence-corrected chi connectivity index (χ1v) is 12.9. The van der Waals surface area contributed by atoms with E-state index in [9.17, 15) is 23.9 Å². The van der Waals surface area contributed by atoms with E-state index in [0.717, 1.165) is 16.8 Å². The Morgan fingerprint density at radius 3 is 2.28 bits per heavy atom. The van der Waals surface area contributed by atoms with Crippen LogP contribution >= 0.6 is 0 Å². The summed E-state index contributed by atoms with van der Waals surface area (Å²) in [4.78, 5) is 42.6. The van der Waals surface area contributed by atoms with Gasteiger partial charge in [-0.25, -0.2) is 4.39 Å². The molecule has 0 radical (unpaired) electrons. The molecule has 2 atom stereocenters. The molecule has 3 aromatic rings. The summed E-state index contributed by atoms with van der Waals surface area (Å²) in [6.45, 7) is 0. The Labute approximate surface area is 226 Å². The maximum atomic E-state index is 14.0. The number of amides is 1. The van der Waals surface area contributed by atoms with Gasteiger partial charge in [-0.3, -0.25) is 19.3 Å². The van der Waals surface area contributed by atoms with E-state index in [0.29, 0.717) is 29.1 Å². The second kappa shape index (κ2) is 10.7. The summed E-state index contributed by atoms with van der Waals surface area (Å²) in [5, 5.41) is 12.7. The van der Waals surface area contributed by atoms with Crippen LogP contribution in [0.4, 0.5) is 21.5 Å². The van der Waals surface area contributed by atoms with Crippen molar-refractivity contribution in [2.24, 2.45) is 0 Å². The number of anilines is 3. The predicted octanol–water partition coefficient (Wildman–Crippen LogP) is 5.66. The van der Waals surface area contributed by atoms with Gasteiger partial charge in [-0.1, -0.05) is 36.4 Å². The lowest BCUT2D eigenvalue weighted by atomic mass is 9.78. The predicted molar refractivity (Wildman–Crippen MR) is 148 cm³/mol. The summed E-state index contributed by atoms with van der Waals surface area (Å²) in [6.07, 6.45) is 0.199. The number of hydrogen-bond donors (Lipinski definition) is 2. The Bertz CT molecular complexity index is 1450. The van der Waals surface area contributed by atoms with Crippen LogP contribution in [0.15, 0.2) is 84.1 Å². The second-order valence-corrected chi connectivity index (χ2v) is 10.2. The summed E-state index contributed by atoms with van der Waals surface area (Å²) in [5.74, 6) is -2.03. The first-order valence-electron chi connectivity index (χ1n) is 12.9. The third-order valence-electron chi connectivity index (χ3n) is 7.38. The van der Waals surface area contributed by atoms with Crippen LogP contribution in [0.2, 0.25) is 0 Å². The van der Waals surface area contributed by atoms with Gasteiger partial charge in [0.2, 0.25) is 5.91 Å². The Morgan fingerprint density at radius 1 is 0.949 bits per heavy atom. The minimum atomic E-state index is -1.06. The highest BCUT2D eigenvalue weighted by Gasteiger charge is 2.41. The number of para-hydroxylation sites is 2. The number of rotatable bonds is 6. The molecule has 8 heteroatoms. The number of benzene rings is 3. The van der Waals surface area contributed by atoms with E-state index >= 15 is 0 Å². The highest BCUT2D eigenvalue weighted by Crippen LogP contribution is 2.47. The van der Waals surface area contributed by atoms with Crippen molar-refractivity contribution in [1.29, 1.82) is 0 Å². The van der Waals surface area contributed by atoms with Gasteiger partial charge in [0, 0.05) is 43.9 Å². The lowest BCUT2D eigenvalue weighted by molar-refractivity contribution is -0.138. The number of nitrogens with one attached hydrogen (secondary N) is 1. The highest BCUT2D eigenvalue weighted by molar-refractivity contribution is 6.06. The molecule has 0 saturated carbocycles. The summed E-state index contributed by atoms with van der Waals surface area (Å²) < 4.78 is 13.6. The van der Waals surface area contributed by atoms with E-state index in [1.54, 1.807) is 17.0 Å². The van der Waals surface area contributed by atoms with Crippen molar-refractivity contribution in [2.75, 3.05) is 29.2 Å². The van der Waals surface area contributed by atoms with Gasteiger partial charge in [0.25, 0.3) is 0 Å². The maximum absolute atomic E-state index is 14.0. The van der Waals surface area contributed by atoms with Crippen LogP contribution in [-0.4, -0.2) is 36.9 Å². The average molecular weight is 528 g/mol. The first kappa shape index (κ1) is 26.2. The van der Waals surface area contributed by atoms with Crippen LogP contribution in [0.5, 0.6) is 0 Å². The monoisotopic (exact) mass is 527 g/mol. The summed E-state index contributed by atoms with van der Waals surface area (Å²) in [7, 11) is 3.87. The summed E-state index contributed by atoms with van der Waals surface area (Å²) >= 11 is 0. The average Bonchev–Trinajstić information content (AvgIpc) is 3.07. The number of ketones is 1. The van der Waals surface area contributed by atoms with Crippen LogP contribution in [-0.2, 0) is 14.4 Å². The highest BCUT2D eigenvalue weighted by atomic mass is 19.1. The van der Waals surface area contributed by atoms with Crippen molar-refractivity contribution in [3.05, 3.63) is 101 Å². The van der Waals surface area contributed by atoms with Gasteiger partial charge in [-0.15, -0.1) is 0 Å². The van der Waals surface area contributed by atoms with E-state index in [1.807, 2.05) is 67.5 Å². The molecule has 1 aliphatic carbocycles. The number of carboxylic acids is 1. The molecule has 1 heterocycles. The Kier molecular flexibility index (Phi) is 7.19. The number of Topliss-reactive ketones (excluding diaryl/α,β-unsaturated/α-hetero) is 1. The van der Waals surface area contributed by atoms with Crippen LogP contribution < -0.4 is 15.1 Å². The van der Waals surface area contributed by atoms with Crippen LogP contribution in [0, 0.1) is 5.82 Å². The normalized spacial score (nSPS) is 18.5. The van der Waals surface area contributed by atoms with Crippen molar-refractivity contribution in [3.63, 3.8) is 0 Å². The van der Waals surface area contributed by atoms with Crippen molar-refractivity contribution >= 4 is 34.7 Å². The zero-order chi connectivity index (χ0) is 27.7. The molecule has 1 amide bonds. The van der Waals surface area contributed by atoms with Crippen molar-refractivity contribution in [3.8, 4) is 0 Å². The molecule has 1 aliphatic heterocycles. The number of carboxylic acid groups (broad SMARTS) is 1. The molecule has 0 fully saturated rings. The van der Waals surface area contributed by atoms with Gasteiger partial charge in [0.1, 0.15) is 5.82 Å². The van der Waals surface area contributed by atoms with Crippen LogP contribution in [0.3, 0.4) is 0 Å². The standard InChI is InChI=1S/C31H30FN3O4/c1-34(2)23-13-9-20(10-14-23)31-30-25(17-21(18-27(30)36)19-7-11-22(32)12-8-19)33-24-5-3-4-6-26(24)35(31)28(37)15-16-29(38)39/h3-14,21,31,33H,15-18H2,1-2H3,(H,38,39)/t21-,31+/m1/s1. The molecular formula is C31H30FN3O4. The number of hydrogen-bond acceptors (Lipinski definition) is 5. The van der Waals surface area contributed by atoms with E-state index in [1.165, 1.54) is 12.1 Å². The second-order valence-electron chi connectivity index (χ2n) is 10.2. The number of nitrogens with zero attached hydrogens (tertiary/aromatic N) is 2. The number of carbonyl (C=O) groups excluding carboxylic acids is 2. The third-order valence-corrected chi connectivity index (χ3v) is 7.38. The molecule has 200 valence electrons. The van der Waals surface area contributed by atoms with Gasteiger partial charge in [-0.2, -0.15) is 0 Å². The first-order chi connectivity index (χ1) is 18.7. The lowest BCUT2D eigenvalue weighted by Gasteiger charge is -2.35. The fourth-order valence-electron chi connectivity index (χ4n) is 5.44. The van der Waals surface area contributed by atoms with Gasteiger partial charge < -0.3 is 15.3 Å². The summed E-state index contributed by atoms with van der Waals surface area (Å²) in [6, 6.07) is 20.5. The molecule has 3 aromatic carbocycles. The molecule has 0 spiro atoms. The lowest BCUT2D eigenvalue weighted by Crippen LogP contribution is -2.38. The van der Waals surface area contributed by atoms with Gasteiger partial charge >= 0.3 is 5.97 Å². The number of aliphatic carboxylic acids is 1. The number of halogens is 1. The van der Waals surface area contributed by atoms with E-state index in [4.69, 9.17) is 0 Å². The van der Waals surface area contributed by atoms with Crippen LogP contribution in [0.1, 0.15) is 48.8 Å². The fraction of sp³-hybridized carbons (Fsp3) is 0.258. The smallest absolute Gasteiger partial charge is 0.303 e. The number of allylic oxidation sites excluding steroid dienone is 1. The van der Waals surface area contributed by atoms with E-state index in [2.05, 4.69) is 5.32 Å². The zero-order valence-electron chi connectivity index (χ0n) is 21.9. The zero-order valence-corrected chi connectivity index (χ0v) is 21.9. The molecule has 2 N–H and O–H groups in total. The molecule has 0 aromatic heterocycles. The van der Waals surface area contributed by atoms with Crippen molar-refractivity contribution in [1.82, 2.24) is 0 Å². The van der Waals surface area contributed by atoms with Crippen molar-refractivity contribution in [2.45, 2.75) is 37.6 Å².